The van der Waals surface area contributed by atoms with Gasteiger partial charge in [-0.1, -0.05) is 0 Å². The fourth-order valence-electron chi connectivity index (χ4n) is 3.24. The number of hydrogen-bond donors (Lipinski definition) is 1. The third-order valence-electron chi connectivity index (χ3n) is 4.45. The quantitative estimate of drug-likeness (QED) is 0.931. The molecule has 2 aromatic rings. The molecule has 0 spiro atoms. The van der Waals surface area contributed by atoms with Crippen molar-refractivity contribution in [1.82, 2.24) is 4.98 Å². The van der Waals surface area contributed by atoms with Gasteiger partial charge in [0.15, 0.2) is 0 Å². The first-order chi connectivity index (χ1) is 9.79. The summed E-state index contributed by atoms with van der Waals surface area (Å²) in [5, 5.41) is 6.02. The molecule has 1 heterocycles. The van der Waals surface area contributed by atoms with Crippen LogP contribution in [0.25, 0.3) is 10.6 Å². The van der Waals surface area contributed by atoms with Gasteiger partial charge in [-0.3, -0.25) is 4.79 Å². The van der Waals surface area contributed by atoms with Gasteiger partial charge in [-0.15, -0.1) is 11.3 Å². The van der Waals surface area contributed by atoms with Crippen molar-refractivity contribution in [3.05, 3.63) is 35.8 Å². The van der Waals surface area contributed by atoms with Crippen molar-refractivity contribution < 1.29 is 4.79 Å². The molecule has 0 radical (unpaired) electrons. The van der Waals surface area contributed by atoms with Gasteiger partial charge in [0.2, 0.25) is 5.91 Å². The molecular weight excluding hydrogens is 268 g/mol. The Labute approximate surface area is 122 Å². The minimum absolute atomic E-state index is 0.194. The number of nitrogens with zero attached hydrogens (tertiary/aromatic N) is 1. The van der Waals surface area contributed by atoms with E-state index in [1.54, 1.807) is 17.5 Å². The first kappa shape index (κ1) is 12.1. The number of nitrogens with one attached hydrogen (secondary N) is 1. The maximum absolute atomic E-state index is 12.2. The highest BCUT2D eigenvalue weighted by atomic mass is 32.1. The Morgan fingerprint density at radius 2 is 1.90 bits per heavy atom. The van der Waals surface area contributed by atoms with Crippen molar-refractivity contribution in [2.75, 3.05) is 5.32 Å². The predicted octanol–water partition coefficient (Wildman–Crippen LogP) is 3.79. The van der Waals surface area contributed by atoms with E-state index >= 15 is 0 Å². The van der Waals surface area contributed by atoms with Crippen molar-refractivity contribution in [1.29, 1.82) is 0 Å². The van der Waals surface area contributed by atoms with Crippen LogP contribution >= 0.6 is 11.3 Å². The van der Waals surface area contributed by atoms with Crippen LogP contribution < -0.4 is 5.32 Å². The third-order valence-corrected chi connectivity index (χ3v) is 5.27. The van der Waals surface area contributed by atoms with Crippen LogP contribution in [-0.4, -0.2) is 10.9 Å². The number of anilines is 1. The molecule has 2 fully saturated rings. The van der Waals surface area contributed by atoms with Crippen molar-refractivity contribution in [2.45, 2.75) is 19.3 Å². The number of carbonyl (C=O) groups excluding carboxylic acids is 1. The molecule has 1 aromatic carbocycles. The lowest BCUT2D eigenvalue weighted by Crippen LogP contribution is -2.21. The van der Waals surface area contributed by atoms with Crippen molar-refractivity contribution >= 4 is 22.9 Å². The van der Waals surface area contributed by atoms with Gasteiger partial charge < -0.3 is 5.32 Å². The van der Waals surface area contributed by atoms with Gasteiger partial charge in [-0.05, 0) is 55.4 Å². The second-order valence-corrected chi connectivity index (χ2v) is 6.72. The molecule has 2 unspecified atom stereocenters. The van der Waals surface area contributed by atoms with Crippen LogP contribution in [0.15, 0.2) is 35.8 Å². The summed E-state index contributed by atoms with van der Waals surface area (Å²) >= 11 is 1.62. The fourth-order valence-corrected chi connectivity index (χ4v) is 3.88. The van der Waals surface area contributed by atoms with E-state index in [0.717, 1.165) is 40.9 Å². The van der Waals surface area contributed by atoms with Crippen LogP contribution in [0.1, 0.15) is 19.3 Å². The largest absolute Gasteiger partial charge is 0.326 e. The molecule has 1 aromatic heterocycles. The average molecular weight is 284 g/mol. The standard InChI is InChI=1S/C16H16N2OS/c19-15(13-8-11-7-12(11)9-13)18-14-3-1-10(2-4-14)16-17-5-6-20-16/h1-6,11-13H,7-9H2,(H,18,19). The van der Waals surface area contributed by atoms with Gasteiger partial charge in [0, 0.05) is 28.7 Å². The number of aromatic nitrogens is 1. The Bertz CT molecular complexity index is 610. The van der Waals surface area contributed by atoms with E-state index in [1.807, 2.05) is 29.6 Å². The minimum Gasteiger partial charge on any atom is -0.326 e. The number of thiazole rings is 1. The fraction of sp³-hybridized carbons (Fsp3) is 0.375. The van der Waals surface area contributed by atoms with E-state index in [4.69, 9.17) is 0 Å². The van der Waals surface area contributed by atoms with Gasteiger partial charge >= 0.3 is 0 Å². The van der Waals surface area contributed by atoms with Gasteiger partial charge in [0.1, 0.15) is 5.01 Å². The Balaban J connectivity index is 1.42. The van der Waals surface area contributed by atoms with E-state index < -0.39 is 0 Å². The third kappa shape index (κ3) is 2.24. The molecule has 2 saturated carbocycles. The lowest BCUT2D eigenvalue weighted by atomic mass is 10.0. The molecule has 102 valence electrons. The van der Waals surface area contributed by atoms with Crippen LogP contribution in [0.3, 0.4) is 0 Å². The summed E-state index contributed by atoms with van der Waals surface area (Å²) in [5.74, 6) is 2.12. The molecule has 2 aliphatic carbocycles. The summed E-state index contributed by atoms with van der Waals surface area (Å²) in [6.45, 7) is 0. The lowest BCUT2D eigenvalue weighted by molar-refractivity contribution is -0.120. The molecule has 0 aliphatic heterocycles. The van der Waals surface area contributed by atoms with Crippen LogP contribution in [0.5, 0.6) is 0 Å². The maximum Gasteiger partial charge on any atom is 0.227 e. The molecule has 2 atom stereocenters. The second kappa shape index (κ2) is 4.70. The van der Waals surface area contributed by atoms with Crippen LogP contribution in [0.4, 0.5) is 5.69 Å². The predicted molar refractivity (Wildman–Crippen MR) is 80.5 cm³/mol. The van der Waals surface area contributed by atoms with Crippen molar-refractivity contribution in [3.63, 3.8) is 0 Å². The SMILES string of the molecule is O=C(Nc1ccc(-c2nccs2)cc1)C1CC2CC2C1. The first-order valence-electron chi connectivity index (χ1n) is 7.10. The van der Waals surface area contributed by atoms with E-state index in [1.165, 1.54) is 6.42 Å². The van der Waals surface area contributed by atoms with E-state index in [9.17, 15) is 4.79 Å². The zero-order valence-electron chi connectivity index (χ0n) is 11.1. The Hall–Kier alpha value is -1.68. The Kier molecular flexibility index (Phi) is 2.84. The lowest BCUT2D eigenvalue weighted by Gasteiger charge is -2.12. The topological polar surface area (TPSA) is 42.0 Å². The minimum atomic E-state index is 0.194. The molecular formula is C16H16N2OS. The van der Waals surface area contributed by atoms with Crippen molar-refractivity contribution in [2.24, 2.45) is 17.8 Å². The highest BCUT2D eigenvalue weighted by molar-refractivity contribution is 7.13. The highest BCUT2D eigenvalue weighted by Crippen LogP contribution is 2.54. The second-order valence-electron chi connectivity index (χ2n) is 5.83. The molecule has 4 heteroatoms. The van der Waals surface area contributed by atoms with Crippen LogP contribution in [0, 0.1) is 17.8 Å². The van der Waals surface area contributed by atoms with Gasteiger partial charge in [0.05, 0.1) is 0 Å². The molecule has 2 aliphatic rings. The van der Waals surface area contributed by atoms with Crippen LogP contribution in [0.2, 0.25) is 0 Å². The number of rotatable bonds is 3. The summed E-state index contributed by atoms with van der Waals surface area (Å²) in [5.41, 5.74) is 1.98. The molecule has 1 amide bonds. The zero-order valence-corrected chi connectivity index (χ0v) is 11.9. The zero-order chi connectivity index (χ0) is 13.5. The molecule has 3 nitrogen and oxygen atoms in total. The smallest absolute Gasteiger partial charge is 0.227 e. The molecule has 1 N–H and O–H groups in total. The number of benzene rings is 1. The van der Waals surface area contributed by atoms with Crippen molar-refractivity contribution in [3.8, 4) is 10.6 Å². The van der Waals surface area contributed by atoms with Gasteiger partial charge in [-0.25, -0.2) is 4.98 Å². The summed E-state index contributed by atoms with van der Waals surface area (Å²) in [7, 11) is 0. The Morgan fingerprint density at radius 1 is 1.15 bits per heavy atom. The molecule has 0 saturated heterocycles. The number of fused-ring (bicyclic) bond motifs is 1. The molecule has 20 heavy (non-hydrogen) atoms. The monoisotopic (exact) mass is 284 g/mol. The molecule has 4 rings (SSSR count). The first-order valence-corrected chi connectivity index (χ1v) is 7.98. The number of carbonyl (C=O) groups is 1. The van der Waals surface area contributed by atoms with Gasteiger partial charge in [0.25, 0.3) is 0 Å². The summed E-state index contributed by atoms with van der Waals surface area (Å²) < 4.78 is 0. The molecule has 0 bridgehead atoms. The summed E-state index contributed by atoms with van der Waals surface area (Å²) in [6, 6.07) is 7.95. The summed E-state index contributed by atoms with van der Waals surface area (Å²) in [4.78, 5) is 16.5. The van der Waals surface area contributed by atoms with E-state index in [-0.39, 0.29) is 11.8 Å². The van der Waals surface area contributed by atoms with Gasteiger partial charge in [-0.2, -0.15) is 0 Å². The summed E-state index contributed by atoms with van der Waals surface area (Å²) in [6.07, 6.45) is 5.34. The number of hydrogen-bond acceptors (Lipinski definition) is 3. The highest BCUT2D eigenvalue weighted by Gasteiger charge is 2.47. The Morgan fingerprint density at radius 3 is 2.55 bits per heavy atom. The average Bonchev–Trinajstić information content (AvgIpc) is 2.92. The van der Waals surface area contributed by atoms with Crippen LogP contribution in [-0.2, 0) is 4.79 Å². The number of amides is 1. The van der Waals surface area contributed by atoms with E-state index in [2.05, 4.69) is 10.3 Å². The maximum atomic E-state index is 12.2. The normalized spacial score (nSPS) is 27.1. The van der Waals surface area contributed by atoms with E-state index in [0.29, 0.717) is 0 Å².